The molecule has 1 N–H and O–H groups in total. The zero-order chi connectivity index (χ0) is 20.1. The van der Waals surface area contributed by atoms with E-state index in [0.29, 0.717) is 12.2 Å². The minimum atomic E-state index is -0.887. The number of ether oxygens (including phenoxy) is 1. The highest BCUT2D eigenvalue weighted by atomic mass is 35.5. The van der Waals surface area contributed by atoms with E-state index in [-0.39, 0.29) is 22.7 Å². The topological polar surface area (TPSA) is 73.2 Å². The fourth-order valence-electron chi connectivity index (χ4n) is 3.48. The van der Waals surface area contributed by atoms with Gasteiger partial charge in [-0.1, -0.05) is 61.2 Å². The third-order valence-corrected chi connectivity index (χ3v) is 5.43. The Morgan fingerprint density at radius 1 is 1.25 bits per heavy atom. The fraction of sp³-hybridized carbons (Fsp3) is 0.476. The highest BCUT2D eigenvalue weighted by Gasteiger charge is 2.27. The van der Waals surface area contributed by atoms with Crippen molar-refractivity contribution in [2.24, 2.45) is 0 Å². The lowest BCUT2D eigenvalue weighted by Crippen LogP contribution is -2.42. The molecular weight excluding hydrogens is 378 g/mol. The molecule has 1 aromatic carbocycles. The van der Waals surface area contributed by atoms with Crippen LogP contribution in [0.1, 0.15) is 60.6 Å². The SMILES string of the molecule is Cc1nn(Cc2ccccc2)c(Cl)c1C(=O)OC(C)C(=O)NC1CCCCC1. The van der Waals surface area contributed by atoms with Gasteiger partial charge in [0.2, 0.25) is 0 Å². The smallest absolute Gasteiger partial charge is 0.343 e. The summed E-state index contributed by atoms with van der Waals surface area (Å²) in [4.78, 5) is 25.0. The maximum atomic E-state index is 12.6. The van der Waals surface area contributed by atoms with E-state index in [1.54, 1.807) is 18.5 Å². The van der Waals surface area contributed by atoms with Crippen LogP contribution < -0.4 is 5.32 Å². The first kappa shape index (κ1) is 20.4. The number of aromatic nitrogens is 2. The van der Waals surface area contributed by atoms with Crippen LogP contribution in [0, 0.1) is 6.92 Å². The molecule has 3 rings (SSSR count). The highest BCUT2D eigenvalue weighted by Crippen LogP contribution is 2.23. The first-order valence-electron chi connectivity index (χ1n) is 9.74. The molecule has 0 bridgehead atoms. The summed E-state index contributed by atoms with van der Waals surface area (Å²) in [6.45, 7) is 3.73. The van der Waals surface area contributed by atoms with Gasteiger partial charge < -0.3 is 10.1 Å². The van der Waals surface area contributed by atoms with Crippen molar-refractivity contribution in [1.29, 1.82) is 0 Å². The molecule has 1 fully saturated rings. The number of aryl methyl sites for hydroxylation is 1. The van der Waals surface area contributed by atoms with Gasteiger partial charge in [-0.25, -0.2) is 9.48 Å². The van der Waals surface area contributed by atoms with Crippen LogP contribution in [0.4, 0.5) is 0 Å². The minimum absolute atomic E-state index is 0.168. The average molecular weight is 404 g/mol. The Hall–Kier alpha value is -2.34. The van der Waals surface area contributed by atoms with E-state index in [0.717, 1.165) is 31.2 Å². The lowest BCUT2D eigenvalue weighted by Gasteiger charge is -2.24. The number of carbonyl (C=O) groups excluding carboxylic acids is 2. The number of hydrogen-bond donors (Lipinski definition) is 1. The summed E-state index contributed by atoms with van der Waals surface area (Å²) >= 11 is 6.39. The van der Waals surface area contributed by atoms with Crippen molar-refractivity contribution in [3.05, 3.63) is 52.3 Å². The van der Waals surface area contributed by atoms with Gasteiger partial charge in [0.1, 0.15) is 10.7 Å². The standard InChI is InChI=1S/C21H26ClN3O3/c1-14-18(19(22)25(24-14)13-16-9-5-3-6-10-16)21(27)28-15(2)20(26)23-17-11-7-4-8-12-17/h3,5-6,9-10,15,17H,4,7-8,11-13H2,1-2H3,(H,23,26). The average Bonchev–Trinajstić information content (AvgIpc) is 2.96. The third-order valence-electron chi connectivity index (χ3n) is 5.05. The van der Waals surface area contributed by atoms with Crippen LogP contribution >= 0.6 is 11.6 Å². The largest absolute Gasteiger partial charge is 0.449 e. The molecular formula is C21H26ClN3O3. The molecule has 1 aliphatic rings. The maximum absolute atomic E-state index is 12.6. The second-order valence-electron chi connectivity index (χ2n) is 7.29. The van der Waals surface area contributed by atoms with E-state index in [1.165, 1.54) is 6.42 Å². The molecule has 1 atom stereocenters. The summed E-state index contributed by atoms with van der Waals surface area (Å²) in [5.41, 5.74) is 1.70. The lowest BCUT2D eigenvalue weighted by atomic mass is 9.95. The molecule has 0 radical (unpaired) electrons. The van der Waals surface area contributed by atoms with Gasteiger partial charge in [-0.05, 0) is 32.3 Å². The first-order valence-corrected chi connectivity index (χ1v) is 10.1. The molecule has 1 saturated carbocycles. The number of carbonyl (C=O) groups is 2. The van der Waals surface area contributed by atoms with Crippen LogP contribution in [0.2, 0.25) is 5.15 Å². The summed E-state index contributed by atoms with van der Waals surface area (Å²) < 4.78 is 6.94. The van der Waals surface area contributed by atoms with E-state index in [4.69, 9.17) is 16.3 Å². The molecule has 7 heteroatoms. The monoisotopic (exact) mass is 403 g/mol. The fourth-order valence-corrected chi connectivity index (χ4v) is 3.80. The number of esters is 1. The van der Waals surface area contributed by atoms with Crippen molar-refractivity contribution >= 4 is 23.5 Å². The molecule has 6 nitrogen and oxygen atoms in total. The summed E-state index contributed by atoms with van der Waals surface area (Å²) in [5.74, 6) is -0.904. The molecule has 150 valence electrons. The molecule has 1 heterocycles. The molecule has 1 amide bonds. The number of benzene rings is 1. The first-order chi connectivity index (χ1) is 13.5. The molecule has 1 aromatic heterocycles. The molecule has 28 heavy (non-hydrogen) atoms. The maximum Gasteiger partial charge on any atom is 0.343 e. The normalized spacial score (nSPS) is 15.8. The highest BCUT2D eigenvalue weighted by molar-refractivity contribution is 6.32. The Morgan fingerprint density at radius 3 is 2.61 bits per heavy atom. The van der Waals surface area contributed by atoms with Crippen LogP contribution in [0.15, 0.2) is 30.3 Å². The Balaban J connectivity index is 1.64. The van der Waals surface area contributed by atoms with E-state index in [1.807, 2.05) is 30.3 Å². The third kappa shape index (κ3) is 4.93. The summed E-state index contributed by atoms with van der Waals surface area (Å²) in [6.07, 6.45) is 4.51. The van der Waals surface area contributed by atoms with Gasteiger partial charge in [0.25, 0.3) is 5.91 Å². The summed E-state index contributed by atoms with van der Waals surface area (Å²) in [5, 5.41) is 7.54. The zero-order valence-electron chi connectivity index (χ0n) is 16.3. The predicted molar refractivity (Wildman–Crippen MR) is 107 cm³/mol. The Labute approximate surface area is 170 Å². The Kier molecular flexibility index (Phi) is 6.73. The number of halogens is 1. The zero-order valence-corrected chi connectivity index (χ0v) is 17.0. The lowest BCUT2D eigenvalue weighted by molar-refractivity contribution is -0.130. The van der Waals surface area contributed by atoms with Gasteiger partial charge in [0, 0.05) is 6.04 Å². The second kappa shape index (κ2) is 9.24. The van der Waals surface area contributed by atoms with Gasteiger partial charge in [-0.15, -0.1) is 0 Å². The molecule has 1 unspecified atom stereocenters. The van der Waals surface area contributed by atoms with Crippen LogP contribution in [-0.2, 0) is 16.1 Å². The Bertz CT molecular complexity index is 829. The number of rotatable bonds is 6. The van der Waals surface area contributed by atoms with E-state index in [9.17, 15) is 9.59 Å². The van der Waals surface area contributed by atoms with Crippen molar-refractivity contribution in [3.8, 4) is 0 Å². The van der Waals surface area contributed by atoms with Crippen molar-refractivity contribution in [2.45, 2.75) is 64.6 Å². The molecule has 0 aliphatic heterocycles. The van der Waals surface area contributed by atoms with Crippen LogP contribution in [0.3, 0.4) is 0 Å². The molecule has 0 spiro atoms. The van der Waals surface area contributed by atoms with Crippen LogP contribution in [-0.4, -0.2) is 33.8 Å². The van der Waals surface area contributed by atoms with Crippen molar-refractivity contribution in [1.82, 2.24) is 15.1 Å². The Morgan fingerprint density at radius 2 is 1.93 bits per heavy atom. The number of hydrogen-bond acceptors (Lipinski definition) is 4. The van der Waals surface area contributed by atoms with Gasteiger partial charge >= 0.3 is 5.97 Å². The number of nitrogens with zero attached hydrogens (tertiary/aromatic N) is 2. The number of nitrogens with one attached hydrogen (secondary N) is 1. The van der Waals surface area contributed by atoms with Gasteiger partial charge in [0.05, 0.1) is 12.2 Å². The second-order valence-corrected chi connectivity index (χ2v) is 7.64. The van der Waals surface area contributed by atoms with Crippen LogP contribution in [0.5, 0.6) is 0 Å². The van der Waals surface area contributed by atoms with E-state index >= 15 is 0 Å². The van der Waals surface area contributed by atoms with E-state index in [2.05, 4.69) is 10.4 Å². The van der Waals surface area contributed by atoms with Gasteiger partial charge in [-0.3, -0.25) is 4.79 Å². The van der Waals surface area contributed by atoms with Crippen molar-refractivity contribution < 1.29 is 14.3 Å². The summed E-state index contributed by atoms with van der Waals surface area (Å²) in [6, 6.07) is 9.89. The quantitative estimate of drug-likeness (QED) is 0.742. The molecule has 2 aromatic rings. The minimum Gasteiger partial charge on any atom is -0.449 e. The van der Waals surface area contributed by atoms with Crippen molar-refractivity contribution in [2.75, 3.05) is 0 Å². The molecule has 1 aliphatic carbocycles. The van der Waals surface area contributed by atoms with Gasteiger partial charge in [0.15, 0.2) is 6.10 Å². The van der Waals surface area contributed by atoms with Crippen molar-refractivity contribution in [3.63, 3.8) is 0 Å². The number of amides is 1. The van der Waals surface area contributed by atoms with E-state index < -0.39 is 12.1 Å². The van der Waals surface area contributed by atoms with Crippen LogP contribution in [0.25, 0.3) is 0 Å². The predicted octanol–water partition coefficient (Wildman–Crippen LogP) is 3.89. The molecule has 0 saturated heterocycles. The van der Waals surface area contributed by atoms with Gasteiger partial charge in [-0.2, -0.15) is 5.10 Å². The summed E-state index contributed by atoms with van der Waals surface area (Å²) in [7, 11) is 0.